The monoisotopic (exact) mass is 399 g/mol. The molecule has 0 N–H and O–H groups in total. The summed E-state index contributed by atoms with van der Waals surface area (Å²) in [5.74, 6) is 1.04. The van der Waals surface area contributed by atoms with Crippen LogP contribution in [0.25, 0.3) is 33.0 Å². The molecule has 29 heavy (non-hydrogen) atoms. The van der Waals surface area contributed by atoms with Crippen molar-refractivity contribution in [3.63, 3.8) is 0 Å². The number of hydrogen-bond donors (Lipinski definition) is 0. The summed E-state index contributed by atoms with van der Waals surface area (Å²) in [7, 11) is 0. The zero-order valence-electron chi connectivity index (χ0n) is 14.7. The number of halogens is 3. The van der Waals surface area contributed by atoms with E-state index < -0.39 is 22.9 Å². The number of alkyl halides is 3. The van der Waals surface area contributed by atoms with Crippen LogP contribution >= 0.6 is 0 Å². The van der Waals surface area contributed by atoms with Gasteiger partial charge in [-0.2, -0.15) is 13.2 Å². The quantitative estimate of drug-likeness (QED) is 0.431. The van der Waals surface area contributed by atoms with Gasteiger partial charge in [0.2, 0.25) is 5.43 Å². The molecule has 2 aromatic carbocycles. The molecule has 3 heterocycles. The highest BCUT2D eigenvalue weighted by atomic mass is 19.4. The van der Waals surface area contributed by atoms with Crippen LogP contribution in [0.5, 0.6) is 11.5 Å². The average molecular weight is 399 g/mol. The summed E-state index contributed by atoms with van der Waals surface area (Å²) in [5, 5.41) is 1.29. The van der Waals surface area contributed by atoms with Gasteiger partial charge < -0.3 is 13.9 Å². The van der Waals surface area contributed by atoms with Crippen LogP contribution in [0.3, 0.4) is 0 Å². The Morgan fingerprint density at radius 1 is 0.966 bits per heavy atom. The van der Waals surface area contributed by atoms with E-state index in [-0.39, 0.29) is 16.5 Å². The van der Waals surface area contributed by atoms with Gasteiger partial charge >= 0.3 is 6.18 Å². The molecule has 0 bridgehead atoms. The first-order valence-corrected chi connectivity index (χ1v) is 8.74. The molecule has 0 spiro atoms. The van der Waals surface area contributed by atoms with Crippen molar-refractivity contribution < 1.29 is 27.1 Å². The maximum atomic E-state index is 13.4. The summed E-state index contributed by atoms with van der Waals surface area (Å²) < 4.78 is 57.0. The van der Waals surface area contributed by atoms with Crippen molar-refractivity contribution in [2.45, 2.75) is 6.18 Å². The van der Waals surface area contributed by atoms with E-state index in [9.17, 15) is 18.0 Å². The third kappa shape index (κ3) is 2.71. The average Bonchev–Trinajstić information content (AvgIpc) is 2.73. The van der Waals surface area contributed by atoms with Crippen molar-refractivity contribution in [1.29, 1.82) is 0 Å². The van der Waals surface area contributed by atoms with Crippen molar-refractivity contribution in [3.8, 4) is 22.8 Å². The lowest BCUT2D eigenvalue weighted by Crippen LogP contribution is -2.16. The fraction of sp³-hybridized carbons (Fsp3) is 0.143. The van der Waals surface area contributed by atoms with E-state index >= 15 is 0 Å². The molecule has 146 valence electrons. The Balaban J connectivity index is 1.84. The van der Waals surface area contributed by atoms with Crippen molar-refractivity contribution in [1.82, 2.24) is 4.98 Å². The third-order valence-corrected chi connectivity index (χ3v) is 4.81. The molecule has 5 nitrogen and oxygen atoms in total. The molecule has 0 unspecified atom stereocenters. The standard InChI is InChI=1S/C21H12F3NO4/c22-21(23,24)14-2-1-7-25-18(14)13-10-29-15-5-4-12-11(17(15)19(13)26)3-6-16-20(12)28-9-8-27-16/h1-7,10H,8-9H2. The molecule has 0 amide bonds. The van der Waals surface area contributed by atoms with Gasteiger partial charge in [0.25, 0.3) is 0 Å². The van der Waals surface area contributed by atoms with Gasteiger partial charge in [-0.3, -0.25) is 9.78 Å². The van der Waals surface area contributed by atoms with Gasteiger partial charge in [0, 0.05) is 17.0 Å². The second-order valence-electron chi connectivity index (χ2n) is 6.50. The maximum absolute atomic E-state index is 13.4. The summed E-state index contributed by atoms with van der Waals surface area (Å²) in [4.78, 5) is 17.1. The number of pyridine rings is 1. The Bertz CT molecular complexity index is 1330. The van der Waals surface area contributed by atoms with Gasteiger partial charge in [0.15, 0.2) is 11.5 Å². The highest BCUT2D eigenvalue weighted by molar-refractivity contribution is 6.09. The number of nitrogens with zero attached hydrogens (tertiary/aromatic N) is 1. The molecule has 0 radical (unpaired) electrons. The van der Waals surface area contributed by atoms with Crippen LogP contribution in [-0.2, 0) is 6.18 Å². The summed E-state index contributed by atoms with van der Waals surface area (Å²) in [5.41, 5.74) is -2.07. The van der Waals surface area contributed by atoms with Crippen LogP contribution in [0.4, 0.5) is 13.2 Å². The first-order chi connectivity index (χ1) is 13.9. The van der Waals surface area contributed by atoms with Gasteiger partial charge in [-0.15, -0.1) is 0 Å². The molecule has 5 rings (SSSR count). The van der Waals surface area contributed by atoms with E-state index in [2.05, 4.69) is 4.98 Å². The Kier molecular flexibility index (Phi) is 3.77. The lowest BCUT2D eigenvalue weighted by atomic mass is 10.0. The minimum atomic E-state index is -4.66. The fourth-order valence-electron chi connectivity index (χ4n) is 3.55. The summed E-state index contributed by atoms with van der Waals surface area (Å²) in [6.45, 7) is 0.778. The Morgan fingerprint density at radius 2 is 1.76 bits per heavy atom. The van der Waals surface area contributed by atoms with Crippen molar-refractivity contribution >= 4 is 21.7 Å². The first-order valence-electron chi connectivity index (χ1n) is 8.74. The zero-order chi connectivity index (χ0) is 20.2. The number of rotatable bonds is 1. The molecule has 1 aliphatic heterocycles. The largest absolute Gasteiger partial charge is 0.486 e. The minimum Gasteiger partial charge on any atom is -0.486 e. The molecule has 0 fully saturated rings. The molecule has 1 aliphatic rings. The van der Waals surface area contributed by atoms with E-state index in [1.165, 1.54) is 12.3 Å². The molecule has 4 aromatic rings. The van der Waals surface area contributed by atoms with Gasteiger partial charge in [-0.25, -0.2) is 0 Å². The van der Waals surface area contributed by atoms with Crippen LogP contribution in [0.2, 0.25) is 0 Å². The van der Waals surface area contributed by atoms with Crippen molar-refractivity contribution in [2.24, 2.45) is 0 Å². The van der Waals surface area contributed by atoms with E-state index in [0.29, 0.717) is 35.5 Å². The third-order valence-electron chi connectivity index (χ3n) is 4.81. The Morgan fingerprint density at radius 3 is 2.59 bits per heavy atom. The van der Waals surface area contributed by atoms with E-state index in [4.69, 9.17) is 13.9 Å². The predicted molar refractivity (Wildman–Crippen MR) is 99.2 cm³/mol. The zero-order valence-corrected chi connectivity index (χ0v) is 14.7. The van der Waals surface area contributed by atoms with Crippen molar-refractivity contribution in [2.75, 3.05) is 13.2 Å². The Hall–Kier alpha value is -3.55. The first kappa shape index (κ1) is 17.5. The SMILES string of the molecule is O=c1c(-c2ncccc2C(F)(F)F)coc2ccc3c4c(ccc3c12)OCCO4. The second-order valence-corrected chi connectivity index (χ2v) is 6.50. The summed E-state index contributed by atoms with van der Waals surface area (Å²) in [6.07, 6.45) is -2.43. The van der Waals surface area contributed by atoms with E-state index in [0.717, 1.165) is 12.3 Å². The lowest BCUT2D eigenvalue weighted by molar-refractivity contribution is -0.137. The highest BCUT2D eigenvalue weighted by Crippen LogP contribution is 2.40. The molecule has 2 aromatic heterocycles. The highest BCUT2D eigenvalue weighted by Gasteiger charge is 2.35. The summed E-state index contributed by atoms with van der Waals surface area (Å²) >= 11 is 0. The predicted octanol–water partition coefficient (Wildman–Crippen LogP) is 4.80. The topological polar surface area (TPSA) is 61.6 Å². The van der Waals surface area contributed by atoms with Crippen LogP contribution in [0.15, 0.2) is 58.1 Å². The van der Waals surface area contributed by atoms with Crippen molar-refractivity contribution in [3.05, 3.63) is 64.6 Å². The van der Waals surface area contributed by atoms with Gasteiger partial charge in [0.1, 0.15) is 25.1 Å². The van der Waals surface area contributed by atoms with Crippen LogP contribution < -0.4 is 14.9 Å². The number of aromatic nitrogens is 1. The van der Waals surface area contributed by atoms with E-state index in [1.54, 1.807) is 24.3 Å². The molecule has 0 atom stereocenters. The molecule has 0 aliphatic carbocycles. The summed E-state index contributed by atoms with van der Waals surface area (Å²) in [6, 6.07) is 8.73. The maximum Gasteiger partial charge on any atom is 0.418 e. The van der Waals surface area contributed by atoms with Gasteiger partial charge in [0.05, 0.1) is 22.2 Å². The number of hydrogen-bond acceptors (Lipinski definition) is 5. The normalized spacial score (nSPS) is 13.8. The van der Waals surface area contributed by atoms with Crippen LogP contribution in [0.1, 0.15) is 5.56 Å². The molecule has 8 heteroatoms. The smallest absolute Gasteiger partial charge is 0.418 e. The fourth-order valence-corrected chi connectivity index (χ4v) is 3.55. The number of ether oxygens (including phenoxy) is 2. The number of benzene rings is 2. The Labute approximate surface area is 161 Å². The molecule has 0 saturated carbocycles. The lowest BCUT2D eigenvalue weighted by Gasteiger charge is -2.20. The van der Waals surface area contributed by atoms with Gasteiger partial charge in [-0.05, 0) is 36.4 Å². The number of fused-ring (bicyclic) bond motifs is 5. The van der Waals surface area contributed by atoms with E-state index in [1.807, 2.05) is 0 Å². The minimum absolute atomic E-state index is 0.163. The molecular formula is C21H12F3NO4. The molecular weight excluding hydrogens is 387 g/mol. The van der Waals surface area contributed by atoms with Crippen LogP contribution in [-0.4, -0.2) is 18.2 Å². The molecule has 0 saturated heterocycles. The van der Waals surface area contributed by atoms with Crippen LogP contribution in [0, 0.1) is 0 Å². The second kappa shape index (κ2) is 6.23. The van der Waals surface area contributed by atoms with Gasteiger partial charge in [-0.1, -0.05) is 0 Å².